The Labute approximate surface area is 171 Å². The van der Waals surface area contributed by atoms with E-state index in [1.165, 1.54) is 22.0 Å². The van der Waals surface area contributed by atoms with Crippen LogP contribution in [0.4, 0.5) is 5.13 Å². The van der Waals surface area contributed by atoms with E-state index in [0.29, 0.717) is 21.6 Å². The van der Waals surface area contributed by atoms with Gasteiger partial charge in [-0.25, -0.2) is 4.98 Å². The number of amides is 1. The Balaban J connectivity index is 1.84. The highest BCUT2D eigenvalue weighted by Gasteiger charge is 2.18. The summed E-state index contributed by atoms with van der Waals surface area (Å²) in [6, 6.07) is 5.29. The average Bonchev–Trinajstić information content (AvgIpc) is 3.18. The molecule has 0 saturated heterocycles. The quantitative estimate of drug-likeness (QED) is 0.598. The van der Waals surface area contributed by atoms with Crippen molar-refractivity contribution < 1.29 is 14.3 Å². The first-order chi connectivity index (χ1) is 14.0. The molecule has 0 aliphatic heterocycles. The molecule has 1 N–H and O–H groups in total. The predicted molar refractivity (Wildman–Crippen MR) is 111 cm³/mol. The Hall–Kier alpha value is -3.14. The van der Waals surface area contributed by atoms with Crippen molar-refractivity contribution in [1.82, 2.24) is 19.9 Å². The van der Waals surface area contributed by atoms with Crippen LogP contribution in [0.1, 0.15) is 29.8 Å². The van der Waals surface area contributed by atoms with Crippen molar-refractivity contribution >= 4 is 27.3 Å². The summed E-state index contributed by atoms with van der Waals surface area (Å²) in [6.45, 7) is 5.72. The van der Waals surface area contributed by atoms with Gasteiger partial charge in [-0.05, 0) is 32.0 Å². The summed E-state index contributed by atoms with van der Waals surface area (Å²) >= 11 is 1.31. The summed E-state index contributed by atoms with van der Waals surface area (Å²) in [7, 11) is 3.11. The molecular formula is C19H23N5O4S. The lowest BCUT2D eigenvalue weighted by atomic mass is 10.2. The minimum absolute atomic E-state index is 0.0687. The number of methoxy groups -OCH3 is 2. The number of carbonyl (C=O) groups excluding carboxylic acids is 1. The van der Waals surface area contributed by atoms with Crippen LogP contribution in [0.2, 0.25) is 0 Å². The molecule has 0 bridgehead atoms. The third-order valence-corrected chi connectivity index (χ3v) is 5.47. The number of ether oxygens (including phenoxy) is 2. The third-order valence-electron chi connectivity index (χ3n) is 4.48. The number of rotatable bonds is 8. The molecule has 1 amide bonds. The van der Waals surface area contributed by atoms with E-state index in [2.05, 4.69) is 15.4 Å². The molecule has 0 aliphatic carbocycles. The number of anilines is 1. The Morgan fingerprint density at radius 2 is 2.00 bits per heavy atom. The lowest BCUT2D eigenvalue weighted by Crippen LogP contribution is -2.31. The van der Waals surface area contributed by atoms with Gasteiger partial charge in [-0.1, -0.05) is 11.3 Å². The number of hydrogen-bond acceptors (Lipinski definition) is 8. The topological polar surface area (TPSA) is 98.1 Å². The van der Waals surface area contributed by atoms with E-state index in [4.69, 9.17) is 9.47 Å². The number of nitrogens with one attached hydrogen (secondary N) is 1. The average molecular weight is 417 g/mol. The molecule has 0 unspecified atom stereocenters. The second-order valence-electron chi connectivity index (χ2n) is 6.09. The van der Waals surface area contributed by atoms with Crippen LogP contribution in [0.3, 0.4) is 0 Å². The van der Waals surface area contributed by atoms with Gasteiger partial charge >= 0.3 is 0 Å². The molecule has 0 radical (unpaired) electrons. The number of benzene rings is 1. The van der Waals surface area contributed by atoms with E-state index in [0.717, 1.165) is 18.7 Å². The van der Waals surface area contributed by atoms with Crippen LogP contribution in [0.15, 0.2) is 29.2 Å². The van der Waals surface area contributed by atoms with Crippen LogP contribution in [0.25, 0.3) is 4.96 Å². The molecule has 154 valence electrons. The van der Waals surface area contributed by atoms with Crippen LogP contribution in [0, 0.1) is 0 Å². The first-order valence-corrected chi connectivity index (χ1v) is 9.96. The highest BCUT2D eigenvalue weighted by Crippen LogP contribution is 2.24. The lowest BCUT2D eigenvalue weighted by molar-refractivity contribution is 0.0948. The van der Waals surface area contributed by atoms with Gasteiger partial charge in [0.2, 0.25) is 10.1 Å². The van der Waals surface area contributed by atoms with Gasteiger partial charge in [0, 0.05) is 31.4 Å². The summed E-state index contributed by atoms with van der Waals surface area (Å²) < 4.78 is 11.7. The molecule has 2 heterocycles. The van der Waals surface area contributed by atoms with Crippen molar-refractivity contribution in [2.75, 3.05) is 32.2 Å². The Kier molecular flexibility index (Phi) is 6.32. The summed E-state index contributed by atoms with van der Waals surface area (Å²) in [6.07, 6.45) is 1.29. The van der Waals surface area contributed by atoms with E-state index < -0.39 is 11.5 Å². The normalized spacial score (nSPS) is 10.8. The van der Waals surface area contributed by atoms with Crippen molar-refractivity contribution in [3.63, 3.8) is 0 Å². The molecular weight excluding hydrogens is 394 g/mol. The molecule has 0 saturated carbocycles. The monoisotopic (exact) mass is 417 g/mol. The molecule has 2 aromatic heterocycles. The number of aromatic nitrogens is 3. The molecule has 1 aromatic carbocycles. The molecule has 9 nitrogen and oxygen atoms in total. The molecule has 3 aromatic rings. The summed E-state index contributed by atoms with van der Waals surface area (Å²) in [5.41, 5.74) is 0.160. The van der Waals surface area contributed by atoms with Gasteiger partial charge < -0.3 is 19.7 Å². The Morgan fingerprint density at radius 3 is 2.66 bits per heavy atom. The first kappa shape index (κ1) is 20.6. The zero-order valence-corrected chi connectivity index (χ0v) is 17.6. The van der Waals surface area contributed by atoms with Gasteiger partial charge in [-0.15, -0.1) is 5.10 Å². The van der Waals surface area contributed by atoms with Crippen LogP contribution in [0.5, 0.6) is 11.5 Å². The van der Waals surface area contributed by atoms with E-state index >= 15 is 0 Å². The summed E-state index contributed by atoms with van der Waals surface area (Å²) in [5.74, 6) is 0.725. The molecule has 3 rings (SSSR count). The van der Waals surface area contributed by atoms with Gasteiger partial charge in [-0.2, -0.15) is 4.52 Å². The second-order valence-corrected chi connectivity index (χ2v) is 7.02. The maximum Gasteiger partial charge on any atom is 0.288 e. The van der Waals surface area contributed by atoms with Crippen molar-refractivity contribution in [2.24, 2.45) is 0 Å². The van der Waals surface area contributed by atoms with Crippen molar-refractivity contribution in [2.45, 2.75) is 20.4 Å². The van der Waals surface area contributed by atoms with Gasteiger partial charge in [0.15, 0.2) is 0 Å². The number of nitrogens with zero attached hydrogens (tertiary/aromatic N) is 4. The SMILES string of the molecule is CCN(CC)c1nn2c(=O)c(C(=O)NCc3cc(OC)ccc3OC)cnc2s1. The smallest absolute Gasteiger partial charge is 0.288 e. The van der Waals surface area contributed by atoms with Crippen LogP contribution in [-0.2, 0) is 6.54 Å². The van der Waals surface area contributed by atoms with E-state index in [1.54, 1.807) is 32.4 Å². The minimum atomic E-state index is -0.529. The zero-order chi connectivity index (χ0) is 21.0. The molecule has 0 fully saturated rings. The molecule has 10 heteroatoms. The maximum atomic E-state index is 12.8. The Bertz CT molecular complexity index is 1070. The molecule has 0 aliphatic rings. The fourth-order valence-corrected chi connectivity index (χ4v) is 3.83. The maximum absolute atomic E-state index is 12.8. The Morgan fingerprint density at radius 1 is 1.24 bits per heavy atom. The first-order valence-electron chi connectivity index (χ1n) is 9.15. The number of fused-ring (bicyclic) bond motifs is 1. The van der Waals surface area contributed by atoms with Crippen molar-refractivity contribution in [1.29, 1.82) is 0 Å². The van der Waals surface area contributed by atoms with E-state index in [1.807, 2.05) is 18.7 Å². The van der Waals surface area contributed by atoms with Crippen LogP contribution >= 0.6 is 11.3 Å². The van der Waals surface area contributed by atoms with Gasteiger partial charge in [0.1, 0.15) is 17.1 Å². The summed E-state index contributed by atoms with van der Waals surface area (Å²) in [5, 5.41) is 7.76. The molecule has 0 atom stereocenters. The molecule has 29 heavy (non-hydrogen) atoms. The van der Waals surface area contributed by atoms with Gasteiger partial charge in [-0.3, -0.25) is 9.59 Å². The zero-order valence-electron chi connectivity index (χ0n) is 16.8. The summed E-state index contributed by atoms with van der Waals surface area (Å²) in [4.78, 5) is 32.1. The number of hydrogen-bond donors (Lipinski definition) is 1. The van der Waals surface area contributed by atoms with E-state index in [9.17, 15) is 9.59 Å². The fourth-order valence-electron chi connectivity index (χ4n) is 2.84. The number of carbonyl (C=O) groups is 1. The standard InChI is InChI=1S/C19H23N5O4S/c1-5-23(6-2)19-22-24-17(26)14(11-21-18(24)29-19)16(25)20-10-12-9-13(27-3)7-8-15(12)28-4/h7-9,11H,5-6,10H2,1-4H3,(H,20,25). The van der Waals surface area contributed by atoms with Crippen molar-refractivity contribution in [3.05, 3.63) is 45.9 Å². The van der Waals surface area contributed by atoms with Crippen LogP contribution in [-0.4, -0.2) is 47.8 Å². The van der Waals surface area contributed by atoms with Gasteiger partial charge in [0.05, 0.1) is 14.2 Å². The highest BCUT2D eigenvalue weighted by atomic mass is 32.1. The lowest BCUT2D eigenvalue weighted by Gasteiger charge is -2.15. The van der Waals surface area contributed by atoms with Crippen molar-refractivity contribution in [3.8, 4) is 11.5 Å². The second kappa shape index (κ2) is 8.91. The highest BCUT2D eigenvalue weighted by molar-refractivity contribution is 7.20. The minimum Gasteiger partial charge on any atom is -0.497 e. The third kappa shape index (κ3) is 4.16. The largest absolute Gasteiger partial charge is 0.497 e. The van der Waals surface area contributed by atoms with Crippen LogP contribution < -0.4 is 25.2 Å². The molecule has 0 spiro atoms. The fraction of sp³-hybridized carbons (Fsp3) is 0.368. The van der Waals surface area contributed by atoms with E-state index in [-0.39, 0.29) is 12.1 Å². The van der Waals surface area contributed by atoms with Gasteiger partial charge in [0.25, 0.3) is 11.5 Å². The predicted octanol–water partition coefficient (Wildman–Crippen LogP) is 1.94.